The maximum Gasteiger partial charge on any atom is 0.294 e. The number of hydrogen-bond acceptors (Lipinski definition) is 4. The number of fused-ring (bicyclic) bond motifs is 5. The Balaban J connectivity index is 2.16. The summed E-state index contributed by atoms with van der Waals surface area (Å²) >= 11 is 0. The Hall–Kier alpha value is -2.52. The van der Waals surface area contributed by atoms with Gasteiger partial charge in [-0.05, 0) is 24.4 Å². The van der Waals surface area contributed by atoms with Crippen LogP contribution in [0.4, 0.5) is 0 Å². The van der Waals surface area contributed by atoms with Gasteiger partial charge in [0.05, 0.1) is 15.8 Å². The fraction of sp³-hybridized carbons (Fsp3) is 0. The van der Waals surface area contributed by atoms with Gasteiger partial charge < -0.3 is 4.98 Å². The lowest BCUT2D eigenvalue weighted by Gasteiger charge is -1.97. The monoisotopic (exact) mass is 289 g/mol. The van der Waals surface area contributed by atoms with Gasteiger partial charge in [0.2, 0.25) is 6.20 Å². The zero-order valence-electron chi connectivity index (χ0n) is 9.87. The van der Waals surface area contributed by atoms with E-state index in [9.17, 15) is 8.42 Å². The molecule has 3 heterocycles. The molecule has 0 radical (unpaired) electrons. The zero-order chi connectivity index (χ0) is 13.9. The third kappa shape index (κ3) is 1.44. The van der Waals surface area contributed by atoms with Gasteiger partial charge in [-0.25, -0.2) is 4.98 Å². The largest absolute Gasteiger partial charge is 0.361 e. The third-order valence-corrected chi connectivity index (χ3v) is 3.89. The van der Waals surface area contributed by atoms with Crippen molar-refractivity contribution in [3.63, 3.8) is 0 Å². The molecule has 0 saturated heterocycles. The van der Waals surface area contributed by atoms with Crippen LogP contribution in [0.15, 0.2) is 41.7 Å². The van der Waals surface area contributed by atoms with Crippen molar-refractivity contribution in [1.82, 2.24) is 19.6 Å². The summed E-state index contributed by atoms with van der Waals surface area (Å²) < 4.78 is 34.6. The van der Waals surface area contributed by atoms with Crippen LogP contribution in [-0.4, -0.2) is 27.5 Å². The van der Waals surface area contributed by atoms with Crippen molar-refractivity contribution in [3.05, 3.63) is 36.8 Å². The van der Waals surface area contributed by atoms with Crippen molar-refractivity contribution in [2.24, 2.45) is 0 Å². The molecule has 0 aliphatic carbocycles. The topological polar surface area (TPSA) is 103 Å². The van der Waals surface area contributed by atoms with E-state index in [-0.39, 0.29) is 4.90 Å². The molecular weight excluding hydrogens is 282 g/mol. The Morgan fingerprint density at radius 2 is 2.05 bits per heavy atom. The van der Waals surface area contributed by atoms with Gasteiger partial charge >= 0.3 is 0 Å². The Kier molecular flexibility index (Phi) is 1.99. The first-order valence-corrected chi connectivity index (χ1v) is 7.06. The first-order valence-electron chi connectivity index (χ1n) is 5.62. The molecular formula is C11H7N5O3S. The summed E-state index contributed by atoms with van der Waals surface area (Å²) in [5.74, 6) is 0. The molecule has 0 bridgehead atoms. The molecule has 4 rings (SSSR count). The molecule has 4 aromatic rings. The lowest BCUT2D eigenvalue weighted by Crippen LogP contribution is -2.28. The number of aromatic nitrogens is 5. The maximum atomic E-state index is 11.1. The molecule has 3 aromatic heterocycles. The molecule has 100 valence electrons. The van der Waals surface area contributed by atoms with Crippen molar-refractivity contribution >= 4 is 32.3 Å². The Labute approximate surface area is 112 Å². The van der Waals surface area contributed by atoms with Crippen LogP contribution in [0.2, 0.25) is 0 Å². The summed E-state index contributed by atoms with van der Waals surface area (Å²) in [5.41, 5.74) is 1.79. The van der Waals surface area contributed by atoms with E-state index in [1.165, 1.54) is 16.8 Å². The second-order valence-corrected chi connectivity index (χ2v) is 5.68. The average Bonchev–Trinajstić information content (AvgIpc) is 2.91. The first kappa shape index (κ1) is 11.3. The Morgan fingerprint density at radius 3 is 2.85 bits per heavy atom. The van der Waals surface area contributed by atoms with Crippen molar-refractivity contribution in [2.75, 3.05) is 0 Å². The standard InChI is InChI=1S/C11H7N5O3S/c17-20(18,19)8-1-2-9-7(5-8)6-15-14-10-11(16(9)15)13-4-3-12-10/h1-6H,(H,17,18,19). The summed E-state index contributed by atoms with van der Waals surface area (Å²) in [4.78, 5) is 8.16. The number of nitrogens with zero attached hydrogens (tertiary/aromatic N) is 5. The molecule has 20 heavy (non-hydrogen) atoms. The molecule has 0 aliphatic rings. The predicted molar refractivity (Wildman–Crippen MR) is 66.8 cm³/mol. The van der Waals surface area contributed by atoms with Gasteiger partial charge in [0.1, 0.15) is 5.65 Å². The smallest absolute Gasteiger partial charge is 0.294 e. The van der Waals surface area contributed by atoms with Gasteiger partial charge in [-0.1, -0.05) is 4.63 Å². The molecule has 0 fully saturated rings. The summed E-state index contributed by atoms with van der Waals surface area (Å²) in [5, 5.41) is 4.86. The maximum absolute atomic E-state index is 11.1. The highest BCUT2D eigenvalue weighted by molar-refractivity contribution is 7.85. The van der Waals surface area contributed by atoms with Crippen molar-refractivity contribution in [2.45, 2.75) is 4.90 Å². The van der Waals surface area contributed by atoms with Crippen molar-refractivity contribution in [3.8, 4) is 0 Å². The molecule has 0 spiro atoms. The van der Waals surface area contributed by atoms with E-state index in [2.05, 4.69) is 15.1 Å². The molecule has 0 aliphatic heterocycles. The van der Waals surface area contributed by atoms with Crippen LogP contribution in [0, 0.1) is 0 Å². The normalized spacial score (nSPS) is 12.7. The van der Waals surface area contributed by atoms with Crippen LogP contribution in [0.1, 0.15) is 0 Å². The fourth-order valence-corrected chi connectivity index (χ4v) is 2.72. The van der Waals surface area contributed by atoms with Crippen LogP contribution in [0.5, 0.6) is 0 Å². The molecule has 1 aromatic carbocycles. The molecule has 1 N–H and O–H groups in total. The molecule has 8 nitrogen and oxygen atoms in total. The summed E-state index contributed by atoms with van der Waals surface area (Å²) in [6.07, 6.45) is 4.75. The fourth-order valence-electron chi connectivity index (χ4n) is 2.21. The summed E-state index contributed by atoms with van der Waals surface area (Å²) in [6, 6.07) is 4.31. The van der Waals surface area contributed by atoms with Gasteiger partial charge in [0.15, 0.2) is 5.65 Å². The van der Waals surface area contributed by atoms with Gasteiger partial charge in [-0.3, -0.25) is 4.55 Å². The average molecular weight is 289 g/mol. The van der Waals surface area contributed by atoms with E-state index in [0.717, 1.165) is 5.52 Å². The summed E-state index contributed by atoms with van der Waals surface area (Å²) in [6.45, 7) is 0. The van der Waals surface area contributed by atoms with Crippen LogP contribution in [0.3, 0.4) is 0 Å². The minimum Gasteiger partial charge on any atom is -0.361 e. The molecule has 0 saturated carbocycles. The predicted octanol–water partition coefficient (Wildman–Crippen LogP) is -0.175. The van der Waals surface area contributed by atoms with E-state index >= 15 is 0 Å². The number of hydrogen-bond donors (Lipinski definition) is 1. The molecule has 0 amide bonds. The Morgan fingerprint density at radius 1 is 1.25 bits per heavy atom. The molecule has 0 unspecified atom stereocenters. The Bertz CT molecular complexity index is 1080. The van der Waals surface area contributed by atoms with E-state index in [4.69, 9.17) is 4.55 Å². The van der Waals surface area contributed by atoms with E-state index in [0.29, 0.717) is 16.7 Å². The van der Waals surface area contributed by atoms with Gasteiger partial charge in [-0.15, -0.1) is 5.10 Å². The number of rotatable bonds is 1. The van der Waals surface area contributed by atoms with Crippen molar-refractivity contribution in [1.29, 1.82) is 0 Å². The van der Waals surface area contributed by atoms with E-state index < -0.39 is 10.1 Å². The quantitative estimate of drug-likeness (QED) is 0.385. The van der Waals surface area contributed by atoms with Crippen LogP contribution in [0.25, 0.3) is 22.2 Å². The zero-order valence-corrected chi connectivity index (χ0v) is 10.7. The number of benzene rings is 1. The molecule has 0 atom stereocenters. The van der Waals surface area contributed by atoms with Gasteiger partial charge in [0, 0.05) is 6.20 Å². The highest BCUT2D eigenvalue weighted by Gasteiger charge is 2.16. The lowest BCUT2D eigenvalue weighted by atomic mass is 10.2. The highest BCUT2D eigenvalue weighted by atomic mass is 32.2. The molecule has 9 heteroatoms. The van der Waals surface area contributed by atoms with E-state index in [1.54, 1.807) is 29.2 Å². The van der Waals surface area contributed by atoms with Crippen LogP contribution >= 0.6 is 0 Å². The van der Waals surface area contributed by atoms with Gasteiger partial charge in [0.25, 0.3) is 10.1 Å². The second-order valence-electron chi connectivity index (χ2n) is 4.26. The minimum atomic E-state index is -4.22. The highest BCUT2D eigenvalue weighted by Crippen LogP contribution is 2.19. The van der Waals surface area contributed by atoms with Crippen molar-refractivity contribution < 1.29 is 17.6 Å². The van der Waals surface area contributed by atoms with Gasteiger partial charge in [-0.2, -0.15) is 12.9 Å². The second kappa shape index (κ2) is 3.52. The lowest BCUT2D eigenvalue weighted by molar-refractivity contribution is -0.671. The summed E-state index contributed by atoms with van der Waals surface area (Å²) in [7, 11) is -4.22. The first-order chi connectivity index (χ1) is 9.54. The van der Waals surface area contributed by atoms with E-state index in [1.807, 2.05) is 0 Å². The third-order valence-electron chi connectivity index (χ3n) is 3.04. The van der Waals surface area contributed by atoms with Crippen LogP contribution in [-0.2, 0) is 10.1 Å². The minimum absolute atomic E-state index is 0.158. The van der Waals surface area contributed by atoms with Crippen LogP contribution < -0.4 is 9.73 Å². The SMILES string of the molecule is O=S(=O)(O)c1ccc2c(c1)c[n+]1[n-]c3nccnc3n21.